The predicted octanol–water partition coefficient (Wildman–Crippen LogP) is 8.42. The molecule has 0 heterocycles. The van der Waals surface area contributed by atoms with E-state index < -0.39 is 0 Å². The molecule has 0 saturated heterocycles. The molecule has 32 heavy (non-hydrogen) atoms. The van der Waals surface area contributed by atoms with E-state index in [0.717, 1.165) is 12.8 Å². The van der Waals surface area contributed by atoms with Crippen molar-refractivity contribution in [2.75, 3.05) is 0 Å². The Morgan fingerprint density at radius 3 is 1.12 bits per heavy atom. The number of hydrogen-bond acceptors (Lipinski definition) is 1. The number of rotatable bonds is 0. The van der Waals surface area contributed by atoms with E-state index in [1.54, 1.807) is 6.07 Å². The van der Waals surface area contributed by atoms with Gasteiger partial charge in [-0.3, -0.25) is 0 Å². The van der Waals surface area contributed by atoms with E-state index in [2.05, 4.69) is 122 Å². The van der Waals surface area contributed by atoms with Gasteiger partial charge in [0.15, 0.2) is 0 Å². The van der Waals surface area contributed by atoms with Gasteiger partial charge in [0.2, 0.25) is 0 Å². The predicted molar refractivity (Wildman–Crippen MR) is 158 cm³/mol. The molecule has 0 bridgehead atoms. The maximum atomic E-state index is 9.48. The minimum atomic E-state index is 0.368. The number of fused-ring (bicyclic) bond motifs is 6. The van der Waals surface area contributed by atoms with Gasteiger partial charge in [0.05, 0.1) is 0 Å². The van der Waals surface area contributed by atoms with Crippen LogP contribution in [0.15, 0.2) is 72.8 Å². The third kappa shape index (κ3) is 4.73. The van der Waals surface area contributed by atoms with Crippen molar-refractivity contribution < 1.29 is 5.11 Å². The zero-order valence-electron chi connectivity index (χ0n) is 17.3. The van der Waals surface area contributed by atoms with Crippen LogP contribution in [0.2, 0.25) is 0 Å². The van der Waals surface area contributed by atoms with Crippen molar-refractivity contribution in [3.05, 3.63) is 106 Å². The number of halogens is 3. The largest absolute Gasteiger partial charge is 0.508 e. The zero-order chi connectivity index (χ0) is 22.2. The number of phenols is 1. The summed E-state index contributed by atoms with van der Waals surface area (Å²) < 4.78 is 3.97. The fourth-order valence-corrected chi connectivity index (χ4v) is 6.35. The van der Waals surface area contributed by atoms with E-state index in [0.29, 0.717) is 5.75 Å². The Morgan fingerprint density at radius 1 is 0.438 bits per heavy atom. The van der Waals surface area contributed by atoms with Crippen molar-refractivity contribution in [3.63, 3.8) is 0 Å². The van der Waals surface area contributed by atoms with E-state index in [1.807, 2.05) is 12.1 Å². The summed E-state index contributed by atoms with van der Waals surface area (Å²) in [6, 6.07) is 25.8. The van der Waals surface area contributed by atoms with Crippen LogP contribution in [0.4, 0.5) is 0 Å². The third-order valence-electron chi connectivity index (χ3n) is 6.20. The first-order chi connectivity index (χ1) is 15.5. The van der Waals surface area contributed by atoms with Gasteiger partial charge in [0.25, 0.3) is 0 Å². The lowest BCUT2D eigenvalue weighted by Gasteiger charge is -2.20. The Hall–Kier alpha value is -1.13. The van der Waals surface area contributed by atoms with Crippen molar-refractivity contribution in [2.45, 2.75) is 25.7 Å². The van der Waals surface area contributed by atoms with E-state index in [-0.39, 0.29) is 0 Å². The van der Waals surface area contributed by atoms with Gasteiger partial charge in [-0.15, -0.1) is 0 Å². The molecule has 4 aromatic rings. The topological polar surface area (TPSA) is 20.2 Å². The normalized spacial score (nSPS) is 13.1. The summed E-state index contributed by atoms with van der Waals surface area (Å²) in [6.45, 7) is 0. The van der Waals surface area contributed by atoms with Crippen LogP contribution in [0, 0.1) is 10.7 Å². The molecule has 2 aliphatic rings. The van der Waals surface area contributed by atoms with Crippen LogP contribution in [-0.4, -0.2) is 5.11 Å². The van der Waals surface area contributed by atoms with Gasteiger partial charge in [0.1, 0.15) is 5.75 Å². The van der Waals surface area contributed by atoms with Crippen molar-refractivity contribution in [2.24, 2.45) is 0 Å². The molecule has 4 heteroatoms. The van der Waals surface area contributed by atoms with Gasteiger partial charge >= 0.3 is 0 Å². The molecule has 0 spiro atoms. The molecule has 0 aromatic heterocycles. The Balaban J connectivity index is 0.000000135. The van der Waals surface area contributed by atoms with Crippen LogP contribution in [-0.2, 0) is 25.7 Å². The maximum absolute atomic E-state index is 9.48. The molecular formula is C28H21I3O. The Morgan fingerprint density at radius 2 is 0.750 bits per heavy atom. The first-order valence-electron chi connectivity index (χ1n) is 10.7. The van der Waals surface area contributed by atoms with Crippen LogP contribution >= 0.6 is 67.8 Å². The van der Waals surface area contributed by atoms with Crippen molar-refractivity contribution in [3.8, 4) is 28.0 Å². The molecule has 1 nitrogen and oxygen atoms in total. The number of phenolic OH excluding ortho intramolecular Hbond substituents is 1. The van der Waals surface area contributed by atoms with Crippen LogP contribution < -0.4 is 0 Å². The van der Waals surface area contributed by atoms with E-state index in [1.165, 1.54) is 68.1 Å². The first-order valence-corrected chi connectivity index (χ1v) is 13.9. The summed E-state index contributed by atoms with van der Waals surface area (Å²) in [5.41, 5.74) is 11.1. The second kappa shape index (κ2) is 9.62. The molecule has 0 saturated carbocycles. The fraction of sp³-hybridized carbons (Fsp3) is 0.143. The molecule has 1 N–H and O–H groups in total. The standard InChI is InChI=1S/C14H10I2.C14H11IO/c2*15-11-3-5-13-9(7-11)1-2-10-8-12(16)4-6-14(10)13/h3-8H,1-2H2;3-8,16H,1-2H2. The lowest BCUT2D eigenvalue weighted by atomic mass is 9.86. The second-order valence-corrected chi connectivity index (χ2v) is 12.0. The third-order valence-corrected chi connectivity index (χ3v) is 8.21. The van der Waals surface area contributed by atoms with Crippen LogP contribution in [0.1, 0.15) is 22.3 Å². The molecule has 4 aromatic carbocycles. The molecule has 0 unspecified atom stereocenters. The van der Waals surface area contributed by atoms with Crippen molar-refractivity contribution in [1.82, 2.24) is 0 Å². The van der Waals surface area contributed by atoms with E-state index >= 15 is 0 Å². The lowest BCUT2D eigenvalue weighted by Crippen LogP contribution is -2.04. The summed E-state index contributed by atoms with van der Waals surface area (Å²) in [4.78, 5) is 0. The first kappa shape index (κ1) is 22.7. The smallest absolute Gasteiger partial charge is 0.115 e. The fourth-order valence-electron chi connectivity index (χ4n) is 4.68. The minimum Gasteiger partial charge on any atom is -0.508 e. The molecule has 6 rings (SSSR count). The van der Waals surface area contributed by atoms with Crippen LogP contribution in [0.3, 0.4) is 0 Å². The summed E-state index contributed by atoms with van der Waals surface area (Å²) in [6.07, 6.45) is 4.46. The Kier molecular flexibility index (Phi) is 6.81. The Bertz CT molecular complexity index is 1120. The molecule has 0 aliphatic heterocycles. The molecular weight excluding hydrogens is 733 g/mol. The second-order valence-electron chi connectivity index (χ2n) is 8.25. The minimum absolute atomic E-state index is 0.368. The number of hydrogen-bond donors (Lipinski definition) is 1. The molecule has 0 radical (unpaired) electrons. The Labute approximate surface area is 230 Å². The molecule has 0 fully saturated rings. The van der Waals surface area contributed by atoms with Crippen LogP contribution in [0.25, 0.3) is 22.3 Å². The van der Waals surface area contributed by atoms with E-state index in [9.17, 15) is 5.11 Å². The zero-order valence-corrected chi connectivity index (χ0v) is 23.8. The summed E-state index contributed by atoms with van der Waals surface area (Å²) in [5, 5.41) is 9.48. The highest BCUT2D eigenvalue weighted by Gasteiger charge is 2.17. The molecule has 2 aliphatic carbocycles. The van der Waals surface area contributed by atoms with Gasteiger partial charge < -0.3 is 5.11 Å². The SMILES string of the molecule is Ic1ccc2c(c1)CCc1cc(I)ccc1-2.Oc1ccc2c(c1)CCc1cc(I)ccc1-2. The van der Waals surface area contributed by atoms with Gasteiger partial charge in [-0.05, 0) is 186 Å². The monoisotopic (exact) mass is 754 g/mol. The quantitative estimate of drug-likeness (QED) is 0.179. The summed E-state index contributed by atoms with van der Waals surface area (Å²) in [7, 11) is 0. The molecule has 160 valence electrons. The number of aryl methyl sites for hydroxylation is 4. The van der Waals surface area contributed by atoms with Gasteiger partial charge in [-0.25, -0.2) is 0 Å². The van der Waals surface area contributed by atoms with Crippen molar-refractivity contribution in [1.29, 1.82) is 0 Å². The van der Waals surface area contributed by atoms with Crippen molar-refractivity contribution >= 4 is 67.8 Å². The highest BCUT2D eigenvalue weighted by atomic mass is 127. The van der Waals surface area contributed by atoms with Gasteiger partial charge in [-0.1, -0.05) is 24.3 Å². The van der Waals surface area contributed by atoms with E-state index in [4.69, 9.17) is 0 Å². The number of aromatic hydroxyl groups is 1. The van der Waals surface area contributed by atoms with Crippen LogP contribution in [0.5, 0.6) is 5.75 Å². The number of benzene rings is 4. The highest BCUT2D eigenvalue weighted by molar-refractivity contribution is 14.1. The molecule has 0 amide bonds. The maximum Gasteiger partial charge on any atom is 0.115 e. The highest BCUT2D eigenvalue weighted by Crippen LogP contribution is 2.36. The molecule has 0 atom stereocenters. The summed E-state index contributed by atoms with van der Waals surface area (Å²) >= 11 is 7.13. The van der Waals surface area contributed by atoms with Gasteiger partial charge in [0, 0.05) is 10.7 Å². The average Bonchev–Trinajstić information content (AvgIpc) is 2.78. The average molecular weight is 754 g/mol. The summed E-state index contributed by atoms with van der Waals surface area (Å²) in [5.74, 6) is 0.368. The van der Waals surface area contributed by atoms with Gasteiger partial charge in [-0.2, -0.15) is 0 Å². The lowest BCUT2D eigenvalue weighted by molar-refractivity contribution is 0.474.